The van der Waals surface area contributed by atoms with Crippen LogP contribution < -0.4 is 15.0 Å². The molecular formula is C26H36N6O. The molecule has 0 radical (unpaired) electrons. The van der Waals surface area contributed by atoms with Gasteiger partial charge in [0.2, 0.25) is 5.88 Å². The van der Waals surface area contributed by atoms with E-state index in [0.29, 0.717) is 23.4 Å². The molecule has 2 aromatic heterocycles. The molecule has 0 bridgehead atoms. The smallest absolute Gasteiger partial charge is 0.239 e. The average molecular weight is 449 g/mol. The Morgan fingerprint density at radius 2 is 1.70 bits per heavy atom. The summed E-state index contributed by atoms with van der Waals surface area (Å²) in [5.41, 5.74) is 5.52. The van der Waals surface area contributed by atoms with Crippen molar-refractivity contribution in [2.45, 2.75) is 53.6 Å². The molecule has 1 aliphatic heterocycles. The minimum atomic E-state index is 0.0996. The maximum atomic E-state index is 5.69. The fourth-order valence-electron chi connectivity index (χ4n) is 4.63. The fourth-order valence-corrected chi connectivity index (χ4v) is 4.63. The normalized spacial score (nSPS) is 15.8. The number of fused-ring (bicyclic) bond motifs is 1. The highest BCUT2D eigenvalue weighted by atomic mass is 16.5. The van der Waals surface area contributed by atoms with Crippen LogP contribution >= 0.6 is 0 Å². The van der Waals surface area contributed by atoms with Crippen LogP contribution in [0.4, 0.5) is 11.5 Å². The molecular weight excluding hydrogens is 412 g/mol. The van der Waals surface area contributed by atoms with Crippen molar-refractivity contribution in [1.29, 1.82) is 0 Å². The van der Waals surface area contributed by atoms with E-state index < -0.39 is 0 Å². The van der Waals surface area contributed by atoms with Gasteiger partial charge in [-0.25, -0.2) is 9.97 Å². The molecule has 1 fully saturated rings. The maximum Gasteiger partial charge on any atom is 0.239 e. The third-order valence-electron chi connectivity index (χ3n) is 6.79. The van der Waals surface area contributed by atoms with E-state index in [0.717, 1.165) is 43.1 Å². The van der Waals surface area contributed by atoms with Gasteiger partial charge in [-0.1, -0.05) is 18.2 Å². The van der Waals surface area contributed by atoms with Gasteiger partial charge in [0.1, 0.15) is 17.3 Å². The van der Waals surface area contributed by atoms with Gasteiger partial charge in [-0.05, 0) is 64.3 Å². The fraction of sp³-hybridized carbons (Fsp3) is 0.500. The topological polar surface area (TPSA) is 66.4 Å². The first-order valence-corrected chi connectivity index (χ1v) is 11.8. The first-order chi connectivity index (χ1) is 15.8. The van der Waals surface area contributed by atoms with Gasteiger partial charge in [0.05, 0.1) is 18.5 Å². The molecule has 0 saturated carbocycles. The minimum absolute atomic E-state index is 0.0996. The van der Waals surface area contributed by atoms with Crippen molar-refractivity contribution in [3.63, 3.8) is 0 Å². The summed E-state index contributed by atoms with van der Waals surface area (Å²) in [7, 11) is 1.68. The number of methoxy groups -OCH3 is 1. The Kier molecular flexibility index (Phi) is 6.70. The monoisotopic (exact) mass is 448 g/mol. The summed E-state index contributed by atoms with van der Waals surface area (Å²) >= 11 is 0. The van der Waals surface area contributed by atoms with Crippen molar-refractivity contribution in [3.05, 3.63) is 46.8 Å². The molecule has 1 saturated heterocycles. The molecule has 33 heavy (non-hydrogen) atoms. The average Bonchev–Trinajstić information content (AvgIpc) is 2.80. The lowest BCUT2D eigenvalue weighted by Crippen LogP contribution is -2.49. The predicted molar refractivity (Wildman–Crippen MR) is 135 cm³/mol. The Balaban J connectivity index is 1.71. The van der Waals surface area contributed by atoms with Gasteiger partial charge in [0, 0.05) is 32.2 Å². The molecule has 1 atom stereocenters. The highest BCUT2D eigenvalue weighted by molar-refractivity contribution is 5.90. The van der Waals surface area contributed by atoms with Crippen LogP contribution in [0.3, 0.4) is 0 Å². The van der Waals surface area contributed by atoms with Crippen LogP contribution in [0, 0.1) is 20.8 Å². The van der Waals surface area contributed by atoms with E-state index in [1.54, 1.807) is 7.11 Å². The van der Waals surface area contributed by atoms with Crippen LogP contribution in [0.1, 0.15) is 49.3 Å². The Morgan fingerprint density at radius 1 is 0.970 bits per heavy atom. The van der Waals surface area contributed by atoms with Gasteiger partial charge in [-0.3, -0.25) is 4.90 Å². The molecule has 3 aromatic rings. The van der Waals surface area contributed by atoms with E-state index in [4.69, 9.17) is 14.7 Å². The number of rotatable bonds is 6. The van der Waals surface area contributed by atoms with Crippen molar-refractivity contribution in [3.8, 4) is 5.88 Å². The summed E-state index contributed by atoms with van der Waals surface area (Å²) in [5.74, 6) is 2.11. The van der Waals surface area contributed by atoms with E-state index in [1.165, 1.54) is 16.7 Å². The van der Waals surface area contributed by atoms with E-state index in [1.807, 2.05) is 6.92 Å². The maximum absolute atomic E-state index is 5.69. The second-order valence-electron chi connectivity index (χ2n) is 9.28. The Bertz CT molecular complexity index is 1140. The molecule has 4 rings (SSSR count). The van der Waals surface area contributed by atoms with Crippen LogP contribution in [0.2, 0.25) is 0 Å². The zero-order chi connectivity index (χ0) is 23.7. The molecule has 0 aliphatic carbocycles. The molecule has 176 valence electrons. The van der Waals surface area contributed by atoms with Crippen molar-refractivity contribution in [2.75, 3.05) is 43.5 Å². The van der Waals surface area contributed by atoms with Crippen molar-refractivity contribution in [1.82, 2.24) is 19.9 Å². The lowest BCUT2D eigenvalue weighted by Gasteiger charge is -2.38. The van der Waals surface area contributed by atoms with Crippen LogP contribution in [-0.4, -0.2) is 59.2 Å². The van der Waals surface area contributed by atoms with E-state index in [9.17, 15) is 0 Å². The van der Waals surface area contributed by atoms with Crippen molar-refractivity contribution in [2.24, 2.45) is 0 Å². The summed E-state index contributed by atoms with van der Waals surface area (Å²) in [5, 5.41) is 4.56. The minimum Gasteiger partial charge on any atom is -0.479 e. The SMILES string of the molecule is COc1nc2nc(C)nc(N[C@H](C)c3cccc(C)c3C)c2cc1N1CCN(C(C)C)CC1. The molecule has 0 amide bonds. The van der Waals surface area contributed by atoms with Crippen LogP contribution in [-0.2, 0) is 0 Å². The molecule has 7 heteroatoms. The summed E-state index contributed by atoms with van der Waals surface area (Å²) in [6.45, 7) is 16.8. The van der Waals surface area contributed by atoms with Crippen molar-refractivity contribution < 1.29 is 4.74 Å². The number of aromatic nitrogens is 3. The summed E-state index contributed by atoms with van der Waals surface area (Å²) in [6, 6.07) is 9.24. The van der Waals surface area contributed by atoms with Crippen LogP contribution in [0.5, 0.6) is 5.88 Å². The van der Waals surface area contributed by atoms with Gasteiger partial charge < -0.3 is 15.0 Å². The molecule has 0 spiro atoms. The number of ether oxygens (including phenoxy) is 1. The second-order valence-corrected chi connectivity index (χ2v) is 9.28. The first-order valence-electron chi connectivity index (χ1n) is 11.8. The molecule has 1 N–H and O–H groups in total. The third-order valence-corrected chi connectivity index (χ3v) is 6.79. The number of anilines is 2. The standard InChI is InChI=1S/C26H36N6O/c1-16(2)31-11-13-32(14-12-31)23-15-22-24(28-20(6)29-25(22)30-26(23)33-7)27-19(5)21-10-8-9-17(3)18(21)4/h8-10,15-16,19H,11-14H2,1-7H3,(H,27,28,29,30)/t19-/m1/s1. The Morgan fingerprint density at radius 3 is 2.36 bits per heavy atom. The zero-order valence-corrected chi connectivity index (χ0v) is 20.9. The number of pyridine rings is 1. The number of nitrogens with zero attached hydrogens (tertiary/aromatic N) is 5. The largest absolute Gasteiger partial charge is 0.479 e. The number of hydrogen-bond donors (Lipinski definition) is 1. The van der Waals surface area contributed by atoms with Gasteiger partial charge >= 0.3 is 0 Å². The molecule has 1 aromatic carbocycles. The number of hydrogen-bond acceptors (Lipinski definition) is 7. The summed E-state index contributed by atoms with van der Waals surface area (Å²) in [6.07, 6.45) is 0. The van der Waals surface area contributed by atoms with Gasteiger partial charge in [-0.15, -0.1) is 0 Å². The second kappa shape index (κ2) is 9.51. The van der Waals surface area contributed by atoms with E-state index in [2.05, 4.69) is 79.0 Å². The molecule has 0 unspecified atom stereocenters. The Labute approximate surface area is 197 Å². The molecule has 3 heterocycles. The van der Waals surface area contributed by atoms with Gasteiger partial charge in [0.15, 0.2) is 5.65 Å². The predicted octanol–water partition coefficient (Wildman–Crippen LogP) is 4.66. The molecule has 7 nitrogen and oxygen atoms in total. The number of nitrogens with one attached hydrogen (secondary N) is 1. The summed E-state index contributed by atoms with van der Waals surface area (Å²) in [4.78, 5) is 19.0. The Hall–Kier alpha value is -2.93. The first kappa shape index (κ1) is 23.2. The zero-order valence-electron chi connectivity index (χ0n) is 20.9. The van der Waals surface area contributed by atoms with Crippen LogP contribution in [0.25, 0.3) is 11.0 Å². The van der Waals surface area contributed by atoms with Crippen molar-refractivity contribution >= 4 is 22.5 Å². The third kappa shape index (κ3) is 4.74. The number of aryl methyl sites for hydroxylation is 2. The summed E-state index contributed by atoms with van der Waals surface area (Å²) < 4.78 is 5.69. The van der Waals surface area contributed by atoms with Crippen LogP contribution in [0.15, 0.2) is 24.3 Å². The van der Waals surface area contributed by atoms with E-state index in [-0.39, 0.29) is 6.04 Å². The molecule has 1 aliphatic rings. The lowest BCUT2D eigenvalue weighted by atomic mass is 9.98. The number of piperazine rings is 1. The lowest BCUT2D eigenvalue weighted by molar-refractivity contribution is 0.209. The van der Waals surface area contributed by atoms with Gasteiger partial charge in [0.25, 0.3) is 0 Å². The number of benzene rings is 1. The van der Waals surface area contributed by atoms with Gasteiger partial charge in [-0.2, -0.15) is 4.98 Å². The quantitative estimate of drug-likeness (QED) is 0.588. The highest BCUT2D eigenvalue weighted by Gasteiger charge is 2.24. The highest BCUT2D eigenvalue weighted by Crippen LogP contribution is 2.34. The van der Waals surface area contributed by atoms with E-state index >= 15 is 0 Å².